The number of carbonyl (C=O) groups excluding carboxylic acids is 1. The highest BCUT2D eigenvalue weighted by atomic mass is 35.5. The van der Waals surface area contributed by atoms with Gasteiger partial charge in [0.15, 0.2) is 0 Å². The number of fused-ring (bicyclic) bond motifs is 1. The average molecular weight is 363 g/mol. The number of ether oxygens (including phenoxy) is 1. The van der Waals surface area contributed by atoms with Crippen LogP contribution in [0.5, 0.6) is 0 Å². The van der Waals surface area contributed by atoms with Gasteiger partial charge in [0.25, 0.3) is 5.91 Å². The largest absolute Gasteiger partial charge is 0.459 e. The van der Waals surface area contributed by atoms with E-state index >= 15 is 0 Å². The third-order valence-electron chi connectivity index (χ3n) is 4.90. The first-order valence-corrected chi connectivity index (χ1v) is 8.56. The van der Waals surface area contributed by atoms with E-state index in [0.717, 1.165) is 36.3 Å². The molecule has 0 spiro atoms. The molecular weight excluding hydrogens is 340 g/mol. The van der Waals surface area contributed by atoms with Gasteiger partial charge in [-0.25, -0.2) is 0 Å². The van der Waals surface area contributed by atoms with Crippen LogP contribution < -0.4 is 5.73 Å². The molecule has 134 valence electrons. The topological polar surface area (TPSA) is 68.7 Å². The summed E-state index contributed by atoms with van der Waals surface area (Å²) in [6, 6.07) is 12.2. The number of rotatable bonds is 3. The van der Waals surface area contributed by atoms with Crippen molar-refractivity contribution < 1.29 is 13.9 Å². The number of hydrogen-bond donors (Lipinski definition) is 1. The minimum absolute atomic E-state index is 0. The normalized spacial score (nSPS) is 22.4. The van der Waals surface area contributed by atoms with Gasteiger partial charge < -0.3 is 19.8 Å². The Hall–Kier alpha value is -1.82. The van der Waals surface area contributed by atoms with Crippen LogP contribution in [-0.2, 0) is 22.5 Å². The first kappa shape index (κ1) is 18.0. The molecule has 0 unspecified atom stereocenters. The Bertz CT molecular complexity index is 732. The Morgan fingerprint density at radius 2 is 2.04 bits per heavy atom. The highest BCUT2D eigenvalue weighted by molar-refractivity contribution is 5.85. The molecule has 1 aromatic carbocycles. The maximum absolute atomic E-state index is 12.7. The number of halogens is 1. The van der Waals surface area contributed by atoms with Crippen molar-refractivity contribution in [2.75, 3.05) is 13.1 Å². The van der Waals surface area contributed by atoms with Crippen LogP contribution in [0.4, 0.5) is 0 Å². The van der Waals surface area contributed by atoms with E-state index in [0.29, 0.717) is 19.6 Å². The van der Waals surface area contributed by atoms with E-state index in [1.807, 2.05) is 35.2 Å². The first-order chi connectivity index (χ1) is 11.7. The number of carbonyl (C=O) groups is 1. The van der Waals surface area contributed by atoms with Gasteiger partial charge in [-0.3, -0.25) is 4.79 Å². The number of benzene rings is 1. The highest BCUT2D eigenvalue weighted by Gasteiger charge is 2.34. The van der Waals surface area contributed by atoms with E-state index in [4.69, 9.17) is 14.9 Å². The van der Waals surface area contributed by atoms with Gasteiger partial charge >= 0.3 is 0 Å². The molecule has 1 aromatic heterocycles. The summed E-state index contributed by atoms with van der Waals surface area (Å²) in [6.07, 6.45) is 2.13. The average Bonchev–Trinajstić information content (AvgIpc) is 3.28. The van der Waals surface area contributed by atoms with E-state index in [2.05, 4.69) is 6.07 Å². The molecule has 3 heterocycles. The fourth-order valence-corrected chi connectivity index (χ4v) is 3.52. The van der Waals surface area contributed by atoms with E-state index in [1.165, 1.54) is 5.56 Å². The number of furan rings is 1. The van der Waals surface area contributed by atoms with Crippen LogP contribution in [-0.4, -0.2) is 36.1 Å². The molecule has 2 aromatic rings. The Kier molecular flexibility index (Phi) is 5.47. The number of hydrogen-bond acceptors (Lipinski definition) is 4. The second-order valence-corrected chi connectivity index (χ2v) is 6.49. The zero-order chi connectivity index (χ0) is 16.5. The first-order valence-electron chi connectivity index (χ1n) is 8.56. The molecule has 6 heteroatoms. The maximum atomic E-state index is 12.7. The Morgan fingerprint density at radius 3 is 2.76 bits per heavy atom. The number of nitrogens with two attached hydrogens (primary N) is 1. The van der Waals surface area contributed by atoms with Gasteiger partial charge in [-0.2, -0.15) is 0 Å². The van der Waals surface area contributed by atoms with Crippen LogP contribution in [0.1, 0.15) is 24.2 Å². The molecular formula is C19H23ClN2O3. The second-order valence-electron chi connectivity index (χ2n) is 6.49. The van der Waals surface area contributed by atoms with E-state index in [-0.39, 0.29) is 30.5 Å². The van der Waals surface area contributed by atoms with E-state index in [1.54, 1.807) is 0 Å². The minimum atomic E-state index is -0.344. The standard InChI is InChI=1S/C19H22N2O3.ClH/c20-11-15-6-7-16(23-15)19(22)21-9-8-14-10-17(24-18(14)12-21)13-4-2-1-3-5-13;/h1-5,10,15-16H,6-9,11-12,20H2;1H/t15-,16+;/m1./s1. The monoisotopic (exact) mass is 362 g/mol. The van der Waals surface area contributed by atoms with Gasteiger partial charge in [-0.05, 0) is 30.9 Å². The van der Waals surface area contributed by atoms with Crippen molar-refractivity contribution in [3.05, 3.63) is 47.7 Å². The van der Waals surface area contributed by atoms with Crippen LogP contribution in [0, 0.1) is 0 Å². The van der Waals surface area contributed by atoms with Crippen molar-refractivity contribution >= 4 is 18.3 Å². The molecule has 2 N–H and O–H groups in total. The molecule has 1 fully saturated rings. The molecule has 2 aliphatic heterocycles. The molecule has 0 radical (unpaired) electrons. The lowest BCUT2D eigenvalue weighted by Crippen LogP contribution is -2.42. The second kappa shape index (κ2) is 7.60. The third-order valence-corrected chi connectivity index (χ3v) is 4.90. The number of nitrogens with zero attached hydrogens (tertiary/aromatic N) is 1. The lowest BCUT2D eigenvalue weighted by molar-refractivity contribution is -0.144. The smallest absolute Gasteiger partial charge is 0.252 e. The molecule has 1 saturated heterocycles. The lowest BCUT2D eigenvalue weighted by atomic mass is 10.1. The van der Waals surface area contributed by atoms with Gasteiger partial charge in [-0.15, -0.1) is 12.4 Å². The van der Waals surface area contributed by atoms with E-state index in [9.17, 15) is 4.79 Å². The van der Waals surface area contributed by atoms with Crippen LogP contribution >= 0.6 is 12.4 Å². The van der Waals surface area contributed by atoms with Gasteiger partial charge in [0.2, 0.25) is 0 Å². The predicted molar refractivity (Wildman–Crippen MR) is 97.5 cm³/mol. The van der Waals surface area contributed by atoms with Gasteiger partial charge in [0.1, 0.15) is 17.6 Å². The van der Waals surface area contributed by atoms with Crippen LogP contribution in [0.25, 0.3) is 11.3 Å². The third kappa shape index (κ3) is 3.59. The molecule has 4 rings (SSSR count). The molecule has 0 aliphatic carbocycles. The van der Waals surface area contributed by atoms with Crippen molar-refractivity contribution in [3.63, 3.8) is 0 Å². The SMILES string of the molecule is Cl.NC[C@H]1CC[C@@H](C(=O)N2CCc3cc(-c4ccccc4)oc3C2)O1. The summed E-state index contributed by atoms with van der Waals surface area (Å²) in [5.74, 6) is 1.83. The summed E-state index contributed by atoms with van der Waals surface area (Å²) in [5.41, 5.74) is 7.89. The molecule has 0 saturated carbocycles. The molecule has 25 heavy (non-hydrogen) atoms. The van der Waals surface area contributed by atoms with Crippen molar-refractivity contribution in [1.82, 2.24) is 4.90 Å². The van der Waals surface area contributed by atoms with Gasteiger partial charge in [0, 0.05) is 18.7 Å². The highest BCUT2D eigenvalue weighted by Crippen LogP contribution is 2.30. The zero-order valence-electron chi connectivity index (χ0n) is 14.0. The fraction of sp³-hybridized carbons (Fsp3) is 0.421. The molecule has 2 aliphatic rings. The summed E-state index contributed by atoms with van der Waals surface area (Å²) < 4.78 is 11.8. The summed E-state index contributed by atoms with van der Waals surface area (Å²) in [5, 5.41) is 0. The lowest BCUT2D eigenvalue weighted by Gasteiger charge is -2.28. The van der Waals surface area contributed by atoms with Gasteiger partial charge in [-0.1, -0.05) is 30.3 Å². The minimum Gasteiger partial charge on any atom is -0.459 e. The Morgan fingerprint density at radius 1 is 1.24 bits per heavy atom. The summed E-state index contributed by atoms with van der Waals surface area (Å²) in [4.78, 5) is 14.5. The van der Waals surface area contributed by atoms with Crippen LogP contribution in [0.15, 0.2) is 40.8 Å². The van der Waals surface area contributed by atoms with Crippen LogP contribution in [0.2, 0.25) is 0 Å². The fourth-order valence-electron chi connectivity index (χ4n) is 3.52. The maximum Gasteiger partial charge on any atom is 0.252 e. The van der Waals surface area contributed by atoms with Crippen molar-refractivity contribution in [2.24, 2.45) is 5.73 Å². The summed E-state index contributed by atoms with van der Waals surface area (Å²) in [7, 11) is 0. The van der Waals surface area contributed by atoms with E-state index < -0.39 is 0 Å². The molecule has 0 bridgehead atoms. The van der Waals surface area contributed by atoms with Crippen molar-refractivity contribution in [3.8, 4) is 11.3 Å². The van der Waals surface area contributed by atoms with Crippen molar-refractivity contribution in [2.45, 2.75) is 38.0 Å². The van der Waals surface area contributed by atoms with Crippen molar-refractivity contribution in [1.29, 1.82) is 0 Å². The summed E-state index contributed by atoms with van der Waals surface area (Å²) >= 11 is 0. The Labute approximate surface area is 153 Å². The predicted octanol–water partition coefficient (Wildman–Crippen LogP) is 2.76. The van der Waals surface area contributed by atoms with Gasteiger partial charge in [0.05, 0.1) is 12.6 Å². The molecule has 1 amide bonds. The number of amides is 1. The van der Waals surface area contributed by atoms with Crippen LogP contribution in [0.3, 0.4) is 0 Å². The molecule has 5 nitrogen and oxygen atoms in total. The zero-order valence-corrected chi connectivity index (χ0v) is 14.8. The Balaban J connectivity index is 0.00000182. The summed E-state index contributed by atoms with van der Waals surface area (Å²) in [6.45, 7) is 1.72. The molecule has 2 atom stereocenters. The quantitative estimate of drug-likeness (QED) is 0.911.